The predicted molar refractivity (Wildman–Crippen MR) is 222 cm³/mol. The number of H-pyrrole nitrogens is 2. The Kier molecular flexibility index (Phi) is 12.1. The standard InChI is InChI=1S/C44H54N8O7/c1-7-25(3)37(49-43(55)58-6)41(53)51-19-9-11-33(51)39-45-23-31(47-39)27-13-15-28(16-14-27)36-22-30-21-29(17-18-35(30)59-36)32-24-46-40(48-32)34-12-10-20-52(34)42(54)38(26(4)8-2)50(5)44(56)57/h13-18,21-26,33-34,37-38H,7-12,19-20H2,1-6H3,(H,45,47)(H,46,48)(H,49,55)(H,56,57)/t25-,26-,33+,34+,37+,38+/m1/s1. The minimum absolute atomic E-state index is 0.0645. The van der Waals surface area contributed by atoms with Gasteiger partial charge in [-0.15, -0.1) is 0 Å². The number of aromatic nitrogens is 4. The Labute approximate surface area is 343 Å². The van der Waals surface area contributed by atoms with E-state index in [0.29, 0.717) is 31.2 Å². The summed E-state index contributed by atoms with van der Waals surface area (Å²) in [7, 11) is 2.76. The fraction of sp³-hybridized carbons (Fsp3) is 0.455. The molecule has 0 saturated carbocycles. The zero-order chi connectivity index (χ0) is 42.0. The van der Waals surface area contributed by atoms with Crippen LogP contribution in [0.2, 0.25) is 0 Å². The molecule has 15 nitrogen and oxygen atoms in total. The Balaban J connectivity index is 1.04. The maximum absolute atomic E-state index is 13.8. The maximum atomic E-state index is 13.8. The molecule has 0 spiro atoms. The number of benzene rings is 2. The molecular weight excluding hydrogens is 753 g/mol. The highest BCUT2D eigenvalue weighted by atomic mass is 16.5. The number of aromatic amines is 2. The van der Waals surface area contributed by atoms with E-state index in [1.165, 1.54) is 14.2 Å². The van der Waals surface area contributed by atoms with Crippen molar-refractivity contribution in [1.82, 2.24) is 40.0 Å². The number of hydrogen-bond donors (Lipinski definition) is 4. The number of alkyl carbamates (subject to hydrolysis) is 1. The number of imidazole rings is 2. The Bertz CT molecular complexity index is 2300. The van der Waals surface area contributed by atoms with Gasteiger partial charge in [0.15, 0.2) is 0 Å². The highest BCUT2D eigenvalue weighted by Gasteiger charge is 2.41. The molecule has 0 bridgehead atoms. The van der Waals surface area contributed by atoms with Crippen LogP contribution in [0.25, 0.3) is 44.8 Å². The first-order valence-corrected chi connectivity index (χ1v) is 20.6. The highest BCUT2D eigenvalue weighted by Crippen LogP contribution is 2.37. The summed E-state index contributed by atoms with van der Waals surface area (Å²) < 4.78 is 11.1. The molecule has 4 N–H and O–H groups in total. The lowest BCUT2D eigenvalue weighted by Crippen LogP contribution is -2.52. The van der Waals surface area contributed by atoms with E-state index in [1.54, 1.807) is 17.3 Å². The van der Waals surface area contributed by atoms with E-state index >= 15 is 0 Å². The minimum atomic E-state index is -1.12. The molecule has 5 heterocycles. The summed E-state index contributed by atoms with van der Waals surface area (Å²) in [5, 5.41) is 13.4. The lowest BCUT2D eigenvalue weighted by molar-refractivity contribution is -0.139. The van der Waals surface area contributed by atoms with E-state index in [0.717, 1.165) is 81.8 Å². The molecule has 6 atom stereocenters. The van der Waals surface area contributed by atoms with Gasteiger partial charge in [0.1, 0.15) is 35.1 Å². The van der Waals surface area contributed by atoms with Crippen molar-refractivity contribution in [1.29, 1.82) is 0 Å². The first-order valence-electron chi connectivity index (χ1n) is 20.6. The van der Waals surface area contributed by atoms with Crippen molar-refractivity contribution < 1.29 is 33.4 Å². The third-order valence-electron chi connectivity index (χ3n) is 12.3. The van der Waals surface area contributed by atoms with Crippen LogP contribution < -0.4 is 5.32 Å². The second-order valence-corrected chi connectivity index (χ2v) is 15.9. The topological polar surface area (TPSA) is 190 Å². The molecule has 3 aromatic heterocycles. The average molecular weight is 807 g/mol. The fourth-order valence-corrected chi connectivity index (χ4v) is 8.45. The van der Waals surface area contributed by atoms with Gasteiger partial charge >= 0.3 is 12.2 Å². The monoisotopic (exact) mass is 806 g/mol. The van der Waals surface area contributed by atoms with Crippen molar-refractivity contribution in [2.45, 2.75) is 90.4 Å². The summed E-state index contributed by atoms with van der Waals surface area (Å²) in [6, 6.07) is 14.1. The van der Waals surface area contributed by atoms with Crippen molar-refractivity contribution in [3.8, 4) is 33.8 Å². The molecule has 7 rings (SSSR count). The average Bonchev–Trinajstić information content (AvgIpc) is 4.10. The summed E-state index contributed by atoms with van der Waals surface area (Å²) in [6.45, 7) is 8.95. The SMILES string of the molecule is CC[C@@H](C)[C@H](NC(=O)OC)C(=O)N1CCC[C@H]1c1ncc(-c2ccc(-c3cc4cc(-c5cnc([C@@H]6CCCN6C(=O)[C@H]([C@H](C)CC)N(C)C(=O)O)[nH]5)ccc4o3)cc2)[nH]1. The van der Waals surface area contributed by atoms with Crippen molar-refractivity contribution in [3.05, 3.63) is 72.6 Å². The van der Waals surface area contributed by atoms with E-state index in [9.17, 15) is 24.3 Å². The summed E-state index contributed by atoms with van der Waals surface area (Å²) in [5.41, 5.74) is 5.15. The lowest BCUT2D eigenvalue weighted by atomic mass is 9.96. The molecule has 15 heteroatoms. The Hall–Kier alpha value is -6.12. The molecule has 2 aromatic carbocycles. The summed E-state index contributed by atoms with van der Waals surface area (Å²) in [5.74, 6) is 1.59. The first kappa shape index (κ1) is 41.1. The highest BCUT2D eigenvalue weighted by molar-refractivity contribution is 5.88. The molecule has 4 amide bonds. The number of likely N-dealkylation sites (tertiary alicyclic amines) is 2. The number of nitrogens with one attached hydrogen (secondary N) is 3. The lowest BCUT2D eigenvalue weighted by Gasteiger charge is -2.34. The van der Waals surface area contributed by atoms with E-state index < -0.39 is 24.3 Å². The number of rotatable bonds is 13. The number of hydrogen-bond acceptors (Lipinski definition) is 8. The molecule has 0 unspecified atom stereocenters. The van der Waals surface area contributed by atoms with Gasteiger partial charge < -0.3 is 39.3 Å². The van der Waals surface area contributed by atoms with Gasteiger partial charge in [0, 0.05) is 36.7 Å². The van der Waals surface area contributed by atoms with Crippen LogP contribution >= 0.6 is 0 Å². The fourth-order valence-electron chi connectivity index (χ4n) is 8.45. The van der Waals surface area contributed by atoms with Crippen LogP contribution in [0.15, 0.2) is 65.3 Å². The van der Waals surface area contributed by atoms with Crippen LogP contribution in [-0.2, 0) is 14.3 Å². The Morgan fingerprint density at radius 1 is 0.847 bits per heavy atom. The predicted octanol–water partition coefficient (Wildman–Crippen LogP) is 8.00. The second kappa shape index (κ2) is 17.4. The number of carbonyl (C=O) groups excluding carboxylic acids is 3. The second-order valence-electron chi connectivity index (χ2n) is 15.9. The van der Waals surface area contributed by atoms with Gasteiger partial charge in [0.25, 0.3) is 0 Å². The molecule has 2 aliphatic heterocycles. The van der Waals surface area contributed by atoms with Crippen LogP contribution in [0, 0.1) is 11.8 Å². The van der Waals surface area contributed by atoms with Gasteiger partial charge in [0.05, 0.1) is 43.0 Å². The van der Waals surface area contributed by atoms with Crippen LogP contribution in [0.5, 0.6) is 0 Å². The van der Waals surface area contributed by atoms with Gasteiger partial charge in [0.2, 0.25) is 11.8 Å². The van der Waals surface area contributed by atoms with Gasteiger partial charge in [-0.05, 0) is 67.3 Å². The van der Waals surface area contributed by atoms with Crippen LogP contribution in [-0.4, -0.2) is 103 Å². The number of carboxylic acid groups (broad SMARTS) is 1. The van der Waals surface area contributed by atoms with Crippen molar-refractivity contribution in [2.75, 3.05) is 27.2 Å². The molecular formula is C44H54N8O7. The molecule has 2 fully saturated rings. The van der Waals surface area contributed by atoms with E-state index in [-0.39, 0.29) is 35.7 Å². The molecule has 312 valence electrons. The van der Waals surface area contributed by atoms with Crippen molar-refractivity contribution in [2.24, 2.45) is 11.8 Å². The number of ether oxygens (including phenoxy) is 1. The molecule has 0 aliphatic carbocycles. The van der Waals surface area contributed by atoms with E-state index in [2.05, 4.69) is 20.3 Å². The number of furan rings is 1. The van der Waals surface area contributed by atoms with Crippen LogP contribution in [0.1, 0.15) is 90.0 Å². The first-order chi connectivity index (χ1) is 28.4. The summed E-state index contributed by atoms with van der Waals surface area (Å²) in [4.78, 5) is 72.5. The summed E-state index contributed by atoms with van der Waals surface area (Å²) in [6.07, 6.45) is 6.39. The van der Waals surface area contributed by atoms with Gasteiger partial charge in [-0.1, -0.05) is 64.8 Å². The number of likely N-dealkylation sites (N-methyl/N-ethyl adjacent to an activating group) is 1. The third kappa shape index (κ3) is 8.28. The zero-order valence-electron chi connectivity index (χ0n) is 34.5. The van der Waals surface area contributed by atoms with Crippen molar-refractivity contribution >= 4 is 35.0 Å². The van der Waals surface area contributed by atoms with Gasteiger partial charge in [-0.2, -0.15) is 0 Å². The van der Waals surface area contributed by atoms with Crippen LogP contribution in [0.3, 0.4) is 0 Å². The van der Waals surface area contributed by atoms with Crippen LogP contribution in [0.4, 0.5) is 9.59 Å². The third-order valence-corrected chi connectivity index (χ3v) is 12.3. The van der Waals surface area contributed by atoms with Gasteiger partial charge in [-0.25, -0.2) is 19.6 Å². The normalized spacial score (nSPS) is 18.7. The quantitative estimate of drug-likeness (QED) is 0.0913. The number of carbonyl (C=O) groups is 4. The minimum Gasteiger partial charge on any atom is -0.465 e. The van der Waals surface area contributed by atoms with Gasteiger partial charge in [-0.3, -0.25) is 14.5 Å². The number of amides is 4. The smallest absolute Gasteiger partial charge is 0.407 e. The molecule has 2 saturated heterocycles. The number of methoxy groups -OCH3 is 1. The molecule has 2 aliphatic rings. The van der Waals surface area contributed by atoms with Crippen molar-refractivity contribution in [3.63, 3.8) is 0 Å². The molecule has 0 radical (unpaired) electrons. The number of nitrogens with zero attached hydrogens (tertiary/aromatic N) is 5. The maximum Gasteiger partial charge on any atom is 0.407 e. The largest absolute Gasteiger partial charge is 0.465 e. The Morgan fingerprint density at radius 2 is 1.41 bits per heavy atom. The Morgan fingerprint density at radius 3 is 1.98 bits per heavy atom. The molecule has 5 aromatic rings. The van der Waals surface area contributed by atoms with E-state index in [1.807, 2.05) is 81.1 Å². The zero-order valence-corrected chi connectivity index (χ0v) is 34.5. The number of fused-ring (bicyclic) bond motifs is 1. The summed E-state index contributed by atoms with van der Waals surface area (Å²) >= 11 is 0. The van der Waals surface area contributed by atoms with E-state index in [4.69, 9.17) is 14.1 Å². The molecule has 59 heavy (non-hydrogen) atoms.